The van der Waals surface area contributed by atoms with E-state index < -0.39 is 8.96 Å². The molecule has 0 radical (unpaired) electrons. The van der Waals surface area contributed by atoms with Gasteiger partial charge < -0.3 is 4.57 Å². The Morgan fingerprint density at radius 3 is 0.625 bits per heavy atom. The molecule has 1 nitrogen and oxygen atoms in total. The van der Waals surface area contributed by atoms with Crippen molar-refractivity contribution in [2.24, 2.45) is 0 Å². The summed E-state index contributed by atoms with van der Waals surface area (Å²) in [6.07, 6.45) is 47.3. The molecule has 242 valence electrons. The maximum Gasteiger partial charge on any atom is 0.111 e. The Hall–Kier alpha value is 0.177. The molecule has 0 spiro atoms. The van der Waals surface area contributed by atoms with Crippen molar-refractivity contribution in [1.29, 1.82) is 0 Å². The summed E-state index contributed by atoms with van der Waals surface area (Å²) in [4.78, 5) is 0. The minimum Gasteiger partial charge on any atom is -0.331 e. The second-order valence-corrected chi connectivity index (χ2v) is 17.3. The fourth-order valence-corrected chi connectivity index (χ4v) is 9.36. The molecule has 0 bridgehead atoms. The van der Waals surface area contributed by atoms with Crippen LogP contribution in [0, 0.1) is 0 Å². The van der Waals surface area contributed by atoms with E-state index in [1.54, 1.807) is 12.1 Å². The Balaban J connectivity index is 3.37. The quantitative estimate of drug-likeness (QED) is 0.0533. The van der Waals surface area contributed by atoms with Crippen molar-refractivity contribution in [3.8, 4) is 0 Å². The highest BCUT2D eigenvalue weighted by molar-refractivity contribution is 6.55. The van der Waals surface area contributed by atoms with Crippen molar-refractivity contribution in [2.75, 3.05) is 14.1 Å². The van der Waals surface area contributed by atoms with E-state index in [0.717, 1.165) is 0 Å². The minimum absolute atomic E-state index is 0.660. The van der Waals surface area contributed by atoms with Crippen molar-refractivity contribution in [3.05, 3.63) is 0 Å². The van der Waals surface area contributed by atoms with Crippen molar-refractivity contribution in [1.82, 2.24) is 4.57 Å². The average Bonchev–Trinajstić information content (AvgIpc) is 2.95. The lowest BCUT2D eigenvalue weighted by Crippen LogP contribution is -2.32. The highest BCUT2D eigenvalue weighted by atomic mass is 28.3. The summed E-state index contributed by atoms with van der Waals surface area (Å²) in [7, 11) is 4.08. The Morgan fingerprint density at radius 1 is 0.275 bits per heavy atom. The van der Waals surface area contributed by atoms with Gasteiger partial charge in [-0.3, -0.25) is 0 Å². The number of unbranched alkanes of at least 4 members (excludes halogenated alkanes) is 30. The van der Waals surface area contributed by atoms with Crippen molar-refractivity contribution >= 4 is 8.96 Å². The van der Waals surface area contributed by atoms with Gasteiger partial charge in [0.1, 0.15) is 8.96 Å². The van der Waals surface area contributed by atoms with E-state index in [9.17, 15) is 0 Å². The van der Waals surface area contributed by atoms with Gasteiger partial charge in [0, 0.05) is 0 Å². The molecule has 0 aromatic carbocycles. The third-order valence-corrected chi connectivity index (χ3v) is 13.1. The van der Waals surface area contributed by atoms with Crippen LogP contribution in [0.5, 0.6) is 0 Å². The van der Waals surface area contributed by atoms with Crippen LogP contribution < -0.4 is 0 Å². The molecule has 0 aliphatic heterocycles. The van der Waals surface area contributed by atoms with Crippen LogP contribution in [-0.4, -0.2) is 27.6 Å². The number of nitrogens with zero attached hydrogens (tertiary/aromatic N) is 1. The fraction of sp³-hybridized carbons (Fsp3) is 1.00. The van der Waals surface area contributed by atoms with E-state index >= 15 is 0 Å². The summed E-state index contributed by atoms with van der Waals surface area (Å²) >= 11 is 0. The van der Waals surface area contributed by atoms with Crippen LogP contribution in [0.15, 0.2) is 0 Å². The molecule has 2 heteroatoms. The molecule has 0 amide bonds. The van der Waals surface area contributed by atoms with Crippen molar-refractivity contribution in [3.63, 3.8) is 0 Å². The monoisotopic (exact) mass is 580 g/mol. The van der Waals surface area contributed by atoms with Gasteiger partial charge in [0.15, 0.2) is 0 Å². The molecule has 0 aromatic heterocycles. The van der Waals surface area contributed by atoms with Crippen LogP contribution in [0.4, 0.5) is 0 Å². The lowest BCUT2D eigenvalue weighted by molar-refractivity contribution is 0.528. The average molecular weight is 580 g/mol. The Bertz CT molecular complexity index is 401. The lowest BCUT2D eigenvalue weighted by atomic mass is 10.0. The predicted octanol–water partition coefficient (Wildman–Crippen LogP) is 13.8. The first-order chi connectivity index (χ1) is 19.7. The van der Waals surface area contributed by atoms with Crippen LogP contribution in [0.1, 0.15) is 219 Å². The van der Waals surface area contributed by atoms with Gasteiger partial charge in [0.05, 0.1) is 0 Å². The minimum atomic E-state index is -0.660. The molecule has 0 rings (SSSR count). The first-order valence-electron chi connectivity index (χ1n) is 19.4. The van der Waals surface area contributed by atoms with Gasteiger partial charge in [-0.15, -0.1) is 0 Å². The summed E-state index contributed by atoms with van der Waals surface area (Å²) in [5, 5.41) is 0. The van der Waals surface area contributed by atoms with Crippen LogP contribution in [0.3, 0.4) is 0 Å². The molecule has 40 heavy (non-hydrogen) atoms. The molecular formula is C38H81NSi. The zero-order chi connectivity index (χ0) is 29.2. The predicted molar refractivity (Wildman–Crippen MR) is 190 cm³/mol. The van der Waals surface area contributed by atoms with Gasteiger partial charge in [0.25, 0.3) is 0 Å². The SMILES string of the molecule is CCCCCCCCCCCCCCCCCC[SiH](CCCCCCCCCCCCCCCCCC)N(C)C. The van der Waals surface area contributed by atoms with Gasteiger partial charge in [-0.1, -0.05) is 219 Å². The molecular weight excluding hydrogens is 499 g/mol. The van der Waals surface area contributed by atoms with Gasteiger partial charge in [-0.05, 0) is 26.2 Å². The van der Waals surface area contributed by atoms with Gasteiger partial charge in [-0.25, -0.2) is 0 Å². The molecule has 0 fully saturated rings. The second-order valence-electron chi connectivity index (χ2n) is 13.8. The normalized spacial score (nSPS) is 11.8. The largest absolute Gasteiger partial charge is 0.331 e. The highest BCUT2D eigenvalue weighted by Gasteiger charge is 2.12. The number of rotatable bonds is 35. The molecule has 0 aliphatic rings. The fourth-order valence-electron chi connectivity index (χ4n) is 6.52. The Labute approximate surface area is 258 Å². The third kappa shape index (κ3) is 32.7. The molecule has 0 N–H and O–H groups in total. The number of hydrogen-bond donors (Lipinski definition) is 0. The first-order valence-corrected chi connectivity index (χ1v) is 21.5. The van der Waals surface area contributed by atoms with Crippen molar-refractivity contribution < 1.29 is 0 Å². The van der Waals surface area contributed by atoms with Crippen LogP contribution in [-0.2, 0) is 0 Å². The zero-order valence-electron chi connectivity index (χ0n) is 29.1. The van der Waals surface area contributed by atoms with Crippen LogP contribution in [0.2, 0.25) is 12.1 Å². The molecule has 0 aliphatic carbocycles. The van der Waals surface area contributed by atoms with E-state index in [2.05, 4.69) is 32.5 Å². The van der Waals surface area contributed by atoms with Crippen LogP contribution >= 0.6 is 0 Å². The van der Waals surface area contributed by atoms with Gasteiger partial charge in [-0.2, -0.15) is 0 Å². The second kappa shape index (κ2) is 35.4. The van der Waals surface area contributed by atoms with E-state index in [4.69, 9.17) is 0 Å². The summed E-state index contributed by atoms with van der Waals surface area (Å²) in [5.41, 5.74) is 0. The number of hydrogen-bond acceptors (Lipinski definition) is 1. The molecule has 0 heterocycles. The maximum atomic E-state index is 2.65. The molecule has 0 atom stereocenters. The van der Waals surface area contributed by atoms with E-state index in [-0.39, 0.29) is 0 Å². The standard InChI is InChI=1S/C38H81NSi/c1-5-7-9-11-13-15-17-19-21-23-25-27-29-31-33-35-37-40(39(3)4)38-36-34-32-30-28-26-24-22-20-18-16-14-12-10-8-6-2/h40H,5-38H2,1-4H3. The Kier molecular flexibility index (Phi) is 35.5. The summed E-state index contributed by atoms with van der Waals surface area (Å²) < 4.78 is 2.65. The van der Waals surface area contributed by atoms with Crippen molar-refractivity contribution in [2.45, 2.75) is 231 Å². The molecule has 0 saturated carbocycles. The van der Waals surface area contributed by atoms with Gasteiger partial charge in [0.2, 0.25) is 0 Å². The summed E-state index contributed by atoms with van der Waals surface area (Å²) in [6, 6.07) is 3.12. The summed E-state index contributed by atoms with van der Waals surface area (Å²) in [5.74, 6) is 0. The molecule has 0 aromatic rings. The van der Waals surface area contributed by atoms with E-state index in [1.165, 1.54) is 205 Å². The highest BCUT2D eigenvalue weighted by Crippen LogP contribution is 2.18. The lowest BCUT2D eigenvalue weighted by Gasteiger charge is -2.22. The summed E-state index contributed by atoms with van der Waals surface area (Å²) in [6.45, 7) is 4.62. The van der Waals surface area contributed by atoms with E-state index in [1.807, 2.05) is 0 Å². The zero-order valence-corrected chi connectivity index (χ0v) is 30.2. The first kappa shape index (κ1) is 40.2. The topological polar surface area (TPSA) is 3.24 Å². The molecule has 0 saturated heterocycles. The van der Waals surface area contributed by atoms with Gasteiger partial charge >= 0.3 is 0 Å². The Morgan fingerprint density at radius 2 is 0.450 bits per heavy atom. The third-order valence-electron chi connectivity index (χ3n) is 9.51. The maximum absolute atomic E-state index is 2.65. The van der Waals surface area contributed by atoms with Crippen LogP contribution in [0.25, 0.3) is 0 Å². The van der Waals surface area contributed by atoms with E-state index in [0.29, 0.717) is 0 Å². The smallest absolute Gasteiger partial charge is 0.111 e. The molecule has 0 unspecified atom stereocenters.